The molecule has 1 aliphatic carbocycles. The molecule has 0 aromatic heterocycles. The number of piperidine rings is 1. The molecule has 3 rings (SSSR count). The highest BCUT2D eigenvalue weighted by molar-refractivity contribution is 5.68. The van der Waals surface area contributed by atoms with E-state index in [0.717, 1.165) is 17.6 Å². The van der Waals surface area contributed by atoms with Crippen LogP contribution in [-0.2, 0) is 10.2 Å². The van der Waals surface area contributed by atoms with Crippen molar-refractivity contribution in [2.24, 2.45) is 5.92 Å². The lowest BCUT2D eigenvalue weighted by Crippen LogP contribution is -2.58. The van der Waals surface area contributed by atoms with Gasteiger partial charge in [0.2, 0.25) is 0 Å². The van der Waals surface area contributed by atoms with Crippen molar-refractivity contribution in [1.29, 1.82) is 0 Å². The summed E-state index contributed by atoms with van der Waals surface area (Å²) in [5, 5.41) is 20.5. The van der Waals surface area contributed by atoms with Crippen molar-refractivity contribution in [3.63, 3.8) is 0 Å². The summed E-state index contributed by atoms with van der Waals surface area (Å²) in [5.74, 6) is 0.795. The Morgan fingerprint density at radius 2 is 2.20 bits per heavy atom. The summed E-state index contributed by atoms with van der Waals surface area (Å²) in [7, 11) is 1.63. The third-order valence-electron chi connectivity index (χ3n) is 5.68. The Kier molecular flexibility index (Phi) is 5.01. The van der Waals surface area contributed by atoms with Crippen molar-refractivity contribution in [3.05, 3.63) is 42.7 Å². The number of benzene rings is 1. The molecule has 1 amide bonds. The summed E-state index contributed by atoms with van der Waals surface area (Å²) in [4.78, 5) is 13.7. The van der Waals surface area contributed by atoms with E-state index in [1.165, 1.54) is 0 Å². The third-order valence-corrected chi connectivity index (χ3v) is 5.68. The van der Waals surface area contributed by atoms with Crippen molar-refractivity contribution in [1.82, 2.24) is 4.90 Å². The van der Waals surface area contributed by atoms with Gasteiger partial charge in [0.15, 0.2) is 0 Å². The lowest BCUT2D eigenvalue weighted by atomic mass is 9.58. The highest BCUT2D eigenvalue weighted by atomic mass is 16.5. The number of hydrogen-bond acceptors (Lipinski definition) is 5. The zero-order chi connectivity index (χ0) is 18.0. The average Bonchev–Trinajstić information content (AvgIpc) is 2.62. The Balaban J connectivity index is 1.93. The van der Waals surface area contributed by atoms with E-state index < -0.39 is 18.3 Å². The summed E-state index contributed by atoms with van der Waals surface area (Å²) < 4.78 is 10.3. The van der Waals surface area contributed by atoms with Gasteiger partial charge in [-0.2, -0.15) is 0 Å². The highest BCUT2D eigenvalue weighted by Crippen LogP contribution is 2.49. The number of methoxy groups -OCH3 is 1. The molecular weight excluding hydrogens is 322 g/mol. The standard InChI is InChI=1S/C19H25NO5/c1-3-25-18(23)20-8-7-19(13-5-4-6-15(9-13)24-2)11-17(22)16(21)10-14(19)12-20/h3-6,9,14,16-17,21-22H,1,7-8,10-12H2,2H3/t14-,16?,17?,19+/m0/s1. The van der Waals surface area contributed by atoms with Gasteiger partial charge in [-0.15, -0.1) is 0 Å². The number of carbonyl (C=O) groups is 1. The Bertz CT molecular complexity index is 648. The normalized spacial score (nSPS) is 31.8. The zero-order valence-electron chi connectivity index (χ0n) is 14.4. The second-order valence-electron chi connectivity index (χ2n) is 6.91. The molecule has 6 heteroatoms. The Morgan fingerprint density at radius 1 is 1.40 bits per heavy atom. The van der Waals surface area contributed by atoms with Crippen LogP contribution in [0.1, 0.15) is 24.8 Å². The van der Waals surface area contributed by atoms with Gasteiger partial charge in [-0.3, -0.25) is 0 Å². The predicted molar refractivity (Wildman–Crippen MR) is 92.3 cm³/mol. The Labute approximate surface area is 147 Å². The van der Waals surface area contributed by atoms with Gasteiger partial charge in [0.05, 0.1) is 25.6 Å². The SMILES string of the molecule is C=COC(=O)N1CC[C@]2(c3cccc(OC)c3)CC(O)C(O)C[C@H]2C1. The van der Waals surface area contributed by atoms with E-state index in [0.29, 0.717) is 32.4 Å². The van der Waals surface area contributed by atoms with Crippen LogP contribution in [0.5, 0.6) is 5.75 Å². The van der Waals surface area contributed by atoms with Crippen molar-refractivity contribution < 1.29 is 24.5 Å². The molecule has 0 bridgehead atoms. The van der Waals surface area contributed by atoms with Crippen LogP contribution >= 0.6 is 0 Å². The van der Waals surface area contributed by atoms with Gasteiger partial charge in [0.25, 0.3) is 0 Å². The van der Waals surface area contributed by atoms with E-state index in [1.54, 1.807) is 12.0 Å². The first-order valence-corrected chi connectivity index (χ1v) is 8.57. The van der Waals surface area contributed by atoms with Gasteiger partial charge < -0.3 is 24.6 Å². The van der Waals surface area contributed by atoms with Crippen LogP contribution in [0.2, 0.25) is 0 Å². The number of likely N-dealkylation sites (tertiary alicyclic amines) is 1. The van der Waals surface area contributed by atoms with Crippen LogP contribution < -0.4 is 4.74 Å². The first kappa shape index (κ1) is 17.8. The van der Waals surface area contributed by atoms with Crippen molar-refractivity contribution in [2.45, 2.75) is 36.9 Å². The minimum atomic E-state index is -0.779. The molecule has 136 valence electrons. The fourth-order valence-electron chi connectivity index (χ4n) is 4.34. The molecule has 25 heavy (non-hydrogen) atoms. The second-order valence-corrected chi connectivity index (χ2v) is 6.91. The number of carbonyl (C=O) groups excluding carboxylic acids is 1. The van der Waals surface area contributed by atoms with E-state index in [9.17, 15) is 15.0 Å². The molecule has 1 aromatic carbocycles. The lowest BCUT2D eigenvalue weighted by molar-refractivity contribution is -0.0783. The maximum atomic E-state index is 12.1. The van der Waals surface area contributed by atoms with Gasteiger partial charge in [0, 0.05) is 18.5 Å². The van der Waals surface area contributed by atoms with Crippen molar-refractivity contribution >= 4 is 6.09 Å². The van der Waals surface area contributed by atoms with E-state index in [2.05, 4.69) is 6.58 Å². The first-order chi connectivity index (χ1) is 12.0. The Hall–Kier alpha value is -2.05. The third kappa shape index (κ3) is 3.24. The number of nitrogens with zero attached hydrogens (tertiary/aromatic N) is 1. The molecule has 6 nitrogen and oxygen atoms in total. The van der Waals surface area contributed by atoms with E-state index in [4.69, 9.17) is 9.47 Å². The van der Waals surface area contributed by atoms with Gasteiger partial charge in [-0.05, 0) is 42.9 Å². The van der Waals surface area contributed by atoms with Gasteiger partial charge >= 0.3 is 6.09 Å². The molecule has 0 spiro atoms. The summed E-state index contributed by atoms with van der Waals surface area (Å²) in [6, 6.07) is 7.86. The van der Waals surface area contributed by atoms with Crippen LogP contribution in [0, 0.1) is 5.92 Å². The molecule has 1 saturated carbocycles. The van der Waals surface area contributed by atoms with Gasteiger partial charge in [-0.1, -0.05) is 18.7 Å². The first-order valence-electron chi connectivity index (χ1n) is 8.57. The van der Waals surface area contributed by atoms with E-state index in [-0.39, 0.29) is 11.3 Å². The minimum absolute atomic E-state index is 0.0316. The van der Waals surface area contributed by atoms with Gasteiger partial charge in [0.1, 0.15) is 5.75 Å². The van der Waals surface area contributed by atoms with Crippen LogP contribution in [0.3, 0.4) is 0 Å². The fraction of sp³-hybridized carbons (Fsp3) is 0.526. The summed E-state index contributed by atoms with van der Waals surface area (Å²) in [5.41, 5.74) is 0.789. The smallest absolute Gasteiger partial charge is 0.414 e. The highest BCUT2D eigenvalue weighted by Gasteiger charge is 2.51. The maximum absolute atomic E-state index is 12.1. The van der Waals surface area contributed by atoms with Crippen LogP contribution in [0.25, 0.3) is 0 Å². The number of rotatable bonds is 3. The molecule has 1 aliphatic heterocycles. The molecule has 2 fully saturated rings. The summed E-state index contributed by atoms with van der Waals surface area (Å²) in [6.45, 7) is 4.43. The fourth-order valence-corrected chi connectivity index (χ4v) is 4.34. The predicted octanol–water partition coefficient (Wildman–Crippen LogP) is 2.05. The average molecular weight is 347 g/mol. The molecule has 2 N–H and O–H groups in total. The number of fused-ring (bicyclic) bond motifs is 1. The lowest BCUT2D eigenvalue weighted by Gasteiger charge is -2.53. The monoisotopic (exact) mass is 347 g/mol. The number of amides is 1. The number of aliphatic hydroxyl groups is 2. The molecule has 2 unspecified atom stereocenters. The molecule has 1 aromatic rings. The minimum Gasteiger partial charge on any atom is -0.497 e. The number of ether oxygens (including phenoxy) is 2. The Morgan fingerprint density at radius 3 is 2.92 bits per heavy atom. The van der Waals surface area contributed by atoms with Crippen molar-refractivity contribution in [3.8, 4) is 5.75 Å². The number of aliphatic hydroxyl groups excluding tert-OH is 2. The largest absolute Gasteiger partial charge is 0.497 e. The topological polar surface area (TPSA) is 79.2 Å². The van der Waals surface area contributed by atoms with E-state index >= 15 is 0 Å². The summed E-state index contributed by atoms with van der Waals surface area (Å²) in [6.07, 6.45) is 0.766. The zero-order valence-corrected chi connectivity index (χ0v) is 14.4. The van der Waals surface area contributed by atoms with Crippen molar-refractivity contribution in [2.75, 3.05) is 20.2 Å². The number of hydrogen-bond donors (Lipinski definition) is 2. The molecule has 1 saturated heterocycles. The quantitative estimate of drug-likeness (QED) is 0.818. The molecule has 0 radical (unpaired) electrons. The molecular formula is C19H25NO5. The van der Waals surface area contributed by atoms with E-state index in [1.807, 2.05) is 24.3 Å². The van der Waals surface area contributed by atoms with Crippen LogP contribution in [-0.4, -0.2) is 53.6 Å². The molecule has 4 atom stereocenters. The van der Waals surface area contributed by atoms with Gasteiger partial charge in [-0.25, -0.2) is 4.79 Å². The molecule has 1 heterocycles. The molecule has 2 aliphatic rings. The van der Waals surface area contributed by atoms with Crippen LogP contribution in [0.4, 0.5) is 4.79 Å². The maximum Gasteiger partial charge on any atom is 0.414 e. The van der Waals surface area contributed by atoms with Crippen LogP contribution in [0.15, 0.2) is 37.1 Å². The second kappa shape index (κ2) is 7.06. The summed E-state index contributed by atoms with van der Waals surface area (Å²) >= 11 is 0.